The monoisotopic (exact) mass is 485 g/mol. The molecule has 5 nitrogen and oxygen atoms in total. The topological polar surface area (TPSA) is 65.1 Å². The number of halogens is 3. The van der Waals surface area contributed by atoms with Crippen molar-refractivity contribution >= 4 is 41.0 Å². The Balaban J connectivity index is 0.00000261. The van der Waals surface area contributed by atoms with Gasteiger partial charge in [-0.3, -0.25) is 4.99 Å². The molecule has 2 aromatic carbocycles. The van der Waals surface area contributed by atoms with Crippen LogP contribution in [0.15, 0.2) is 47.5 Å². The van der Waals surface area contributed by atoms with Gasteiger partial charge in [-0.15, -0.1) is 24.0 Å². The number of aromatic amines is 1. The zero-order valence-corrected chi connectivity index (χ0v) is 17.3. The number of aromatic nitrogens is 2. The van der Waals surface area contributed by atoms with Crippen molar-refractivity contribution in [1.29, 1.82) is 0 Å². The fourth-order valence-electron chi connectivity index (χ4n) is 2.67. The quantitative estimate of drug-likeness (QED) is 0.216. The third-order valence-electron chi connectivity index (χ3n) is 4.00. The minimum Gasteiger partial charge on any atom is -0.356 e. The highest BCUT2D eigenvalue weighted by Gasteiger charge is 2.06. The molecule has 0 unspecified atom stereocenters. The van der Waals surface area contributed by atoms with Gasteiger partial charge in [-0.2, -0.15) is 0 Å². The number of imidazole rings is 1. The summed E-state index contributed by atoms with van der Waals surface area (Å²) in [6.45, 7) is 0.842. The molecule has 0 spiro atoms. The zero-order valence-electron chi connectivity index (χ0n) is 14.9. The largest absolute Gasteiger partial charge is 0.356 e. The number of hydrogen-bond acceptors (Lipinski definition) is 2. The molecule has 1 heterocycles. The SMILES string of the molecule is CN=C(NCCCc1nc2ccccc2[nH]1)NCc1cc(F)ccc1F.I. The van der Waals surface area contributed by atoms with E-state index in [2.05, 4.69) is 25.6 Å². The molecule has 0 atom stereocenters. The van der Waals surface area contributed by atoms with Crippen molar-refractivity contribution in [2.45, 2.75) is 19.4 Å². The van der Waals surface area contributed by atoms with E-state index in [9.17, 15) is 8.78 Å². The number of hydrogen-bond donors (Lipinski definition) is 3. The summed E-state index contributed by atoms with van der Waals surface area (Å²) in [6.07, 6.45) is 1.66. The van der Waals surface area contributed by atoms with Crippen molar-refractivity contribution in [2.75, 3.05) is 13.6 Å². The number of guanidine groups is 1. The lowest BCUT2D eigenvalue weighted by Gasteiger charge is -2.12. The summed E-state index contributed by atoms with van der Waals surface area (Å²) in [5.74, 6) is 0.576. The third-order valence-corrected chi connectivity index (χ3v) is 4.00. The molecular weight excluding hydrogens is 463 g/mol. The smallest absolute Gasteiger partial charge is 0.191 e. The molecule has 0 saturated carbocycles. The summed E-state index contributed by atoms with van der Waals surface area (Å²) in [6, 6.07) is 11.3. The van der Waals surface area contributed by atoms with E-state index < -0.39 is 11.6 Å². The Morgan fingerprint density at radius 1 is 1.15 bits per heavy atom. The van der Waals surface area contributed by atoms with Crippen molar-refractivity contribution in [1.82, 2.24) is 20.6 Å². The molecule has 1 aromatic heterocycles. The van der Waals surface area contributed by atoms with Gasteiger partial charge in [0.1, 0.15) is 17.5 Å². The van der Waals surface area contributed by atoms with Crippen LogP contribution in [0, 0.1) is 11.6 Å². The van der Waals surface area contributed by atoms with E-state index in [4.69, 9.17) is 0 Å². The van der Waals surface area contributed by atoms with Crippen LogP contribution in [0.5, 0.6) is 0 Å². The third kappa shape index (κ3) is 5.88. The number of para-hydroxylation sites is 2. The van der Waals surface area contributed by atoms with Gasteiger partial charge < -0.3 is 15.6 Å². The maximum Gasteiger partial charge on any atom is 0.191 e. The number of aliphatic imine (C=N–C) groups is 1. The van der Waals surface area contributed by atoms with Crippen LogP contribution in [0.1, 0.15) is 17.8 Å². The van der Waals surface area contributed by atoms with E-state index in [-0.39, 0.29) is 36.1 Å². The second kappa shape index (κ2) is 10.2. The molecule has 0 aliphatic heterocycles. The molecule has 0 amide bonds. The second-order valence-corrected chi connectivity index (χ2v) is 5.89. The number of aryl methyl sites for hydroxylation is 1. The van der Waals surface area contributed by atoms with E-state index in [1.165, 1.54) is 6.07 Å². The number of fused-ring (bicyclic) bond motifs is 1. The Bertz CT molecular complexity index is 877. The summed E-state index contributed by atoms with van der Waals surface area (Å²) in [5.41, 5.74) is 2.25. The van der Waals surface area contributed by atoms with Crippen LogP contribution in [0.2, 0.25) is 0 Å². The van der Waals surface area contributed by atoms with Gasteiger partial charge in [0.15, 0.2) is 5.96 Å². The van der Waals surface area contributed by atoms with Gasteiger partial charge in [-0.1, -0.05) is 12.1 Å². The molecular formula is C19H22F2IN5. The maximum absolute atomic E-state index is 13.6. The molecule has 144 valence electrons. The van der Waals surface area contributed by atoms with E-state index in [1.54, 1.807) is 7.05 Å². The van der Waals surface area contributed by atoms with E-state index in [1.807, 2.05) is 24.3 Å². The molecule has 8 heteroatoms. The van der Waals surface area contributed by atoms with Gasteiger partial charge in [0.05, 0.1) is 11.0 Å². The van der Waals surface area contributed by atoms with Crippen molar-refractivity contribution in [2.24, 2.45) is 4.99 Å². The maximum atomic E-state index is 13.6. The Kier molecular flexibility index (Phi) is 7.96. The minimum atomic E-state index is -0.461. The van der Waals surface area contributed by atoms with Crippen molar-refractivity contribution < 1.29 is 8.78 Å². The van der Waals surface area contributed by atoms with Crippen LogP contribution in [-0.2, 0) is 13.0 Å². The average molecular weight is 485 g/mol. The van der Waals surface area contributed by atoms with Crippen LogP contribution >= 0.6 is 24.0 Å². The van der Waals surface area contributed by atoms with Gasteiger partial charge in [-0.25, -0.2) is 13.8 Å². The fourth-order valence-corrected chi connectivity index (χ4v) is 2.67. The van der Waals surface area contributed by atoms with Crippen LogP contribution in [0.4, 0.5) is 8.78 Å². The Morgan fingerprint density at radius 3 is 2.74 bits per heavy atom. The molecule has 3 rings (SSSR count). The first-order valence-corrected chi connectivity index (χ1v) is 8.48. The summed E-state index contributed by atoms with van der Waals surface area (Å²) in [4.78, 5) is 11.9. The van der Waals surface area contributed by atoms with Crippen molar-refractivity contribution in [3.05, 3.63) is 65.5 Å². The van der Waals surface area contributed by atoms with E-state index >= 15 is 0 Å². The molecule has 0 fully saturated rings. The molecule has 0 radical (unpaired) electrons. The summed E-state index contributed by atoms with van der Waals surface area (Å²) in [5, 5.41) is 6.14. The highest BCUT2D eigenvalue weighted by Crippen LogP contribution is 2.11. The second-order valence-electron chi connectivity index (χ2n) is 5.89. The normalized spacial score (nSPS) is 11.3. The molecule has 3 N–H and O–H groups in total. The van der Waals surface area contributed by atoms with Crippen LogP contribution < -0.4 is 10.6 Å². The number of rotatable bonds is 6. The summed E-state index contributed by atoms with van der Waals surface area (Å²) < 4.78 is 26.8. The Morgan fingerprint density at radius 2 is 1.96 bits per heavy atom. The minimum absolute atomic E-state index is 0. The van der Waals surface area contributed by atoms with Gasteiger partial charge in [-0.05, 0) is 36.8 Å². The lowest BCUT2D eigenvalue weighted by atomic mass is 10.2. The number of nitrogens with one attached hydrogen (secondary N) is 3. The Labute approximate surface area is 173 Å². The van der Waals surface area contributed by atoms with Gasteiger partial charge in [0.25, 0.3) is 0 Å². The fraction of sp³-hybridized carbons (Fsp3) is 0.263. The van der Waals surface area contributed by atoms with Gasteiger partial charge >= 0.3 is 0 Å². The molecule has 0 saturated heterocycles. The first-order chi connectivity index (χ1) is 12.7. The van der Waals surface area contributed by atoms with Gasteiger partial charge in [0.2, 0.25) is 0 Å². The van der Waals surface area contributed by atoms with Crippen LogP contribution in [-0.4, -0.2) is 29.5 Å². The Hall–Kier alpha value is -2.23. The lowest BCUT2D eigenvalue weighted by molar-refractivity contribution is 0.581. The van der Waals surface area contributed by atoms with Crippen LogP contribution in [0.25, 0.3) is 11.0 Å². The number of benzene rings is 2. The lowest BCUT2D eigenvalue weighted by Crippen LogP contribution is -2.37. The average Bonchev–Trinajstić information content (AvgIpc) is 3.06. The first kappa shape index (κ1) is 21.1. The molecule has 27 heavy (non-hydrogen) atoms. The van der Waals surface area contributed by atoms with E-state index in [0.29, 0.717) is 12.5 Å². The molecule has 0 aliphatic rings. The highest BCUT2D eigenvalue weighted by molar-refractivity contribution is 14.0. The highest BCUT2D eigenvalue weighted by atomic mass is 127. The number of H-pyrrole nitrogens is 1. The van der Waals surface area contributed by atoms with Crippen molar-refractivity contribution in [3.63, 3.8) is 0 Å². The standard InChI is InChI=1S/C19H21F2N5.HI/c1-22-19(24-12-13-11-14(20)8-9-15(13)21)23-10-4-7-18-25-16-5-2-3-6-17(16)26-18;/h2-3,5-6,8-9,11H,4,7,10,12H2,1H3,(H,25,26)(H2,22,23,24);1H. The van der Waals surface area contributed by atoms with Gasteiger partial charge in [0, 0.05) is 32.1 Å². The zero-order chi connectivity index (χ0) is 18.4. The first-order valence-electron chi connectivity index (χ1n) is 8.48. The van der Waals surface area contributed by atoms with Crippen molar-refractivity contribution in [3.8, 4) is 0 Å². The molecule has 3 aromatic rings. The molecule has 0 aliphatic carbocycles. The van der Waals surface area contributed by atoms with E-state index in [0.717, 1.165) is 41.8 Å². The summed E-state index contributed by atoms with van der Waals surface area (Å²) >= 11 is 0. The number of nitrogens with zero attached hydrogens (tertiary/aromatic N) is 2. The molecule has 0 bridgehead atoms. The summed E-state index contributed by atoms with van der Waals surface area (Å²) in [7, 11) is 1.64. The predicted octanol–water partition coefficient (Wildman–Crippen LogP) is 3.76. The predicted molar refractivity (Wildman–Crippen MR) is 114 cm³/mol. The van der Waals surface area contributed by atoms with Crippen LogP contribution in [0.3, 0.4) is 0 Å².